The smallest absolute Gasteiger partial charge is 0.317 e. The lowest BCUT2D eigenvalue weighted by molar-refractivity contribution is -0.152. The number of carbonyl (C=O) groups is 2. The molecule has 0 saturated carbocycles. The molecule has 0 aliphatic carbocycles. The van der Waals surface area contributed by atoms with Crippen LogP contribution < -0.4 is 5.32 Å². The van der Waals surface area contributed by atoms with Crippen molar-refractivity contribution in [3.63, 3.8) is 0 Å². The van der Waals surface area contributed by atoms with Crippen molar-refractivity contribution in [3.8, 4) is 0 Å². The zero-order valence-corrected chi connectivity index (χ0v) is 13.9. The molecule has 5 heteroatoms. The number of hydrogen-bond acceptors (Lipinski definition) is 2. The van der Waals surface area contributed by atoms with Gasteiger partial charge in [0.2, 0.25) is 0 Å². The fourth-order valence-corrected chi connectivity index (χ4v) is 3.18. The maximum Gasteiger partial charge on any atom is 0.317 e. The highest BCUT2D eigenvalue weighted by Crippen LogP contribution is 2.35. The summed E-state index contributed by atoms with van der Waals surface area (Å²) in [6, 6.07) is -0.0457. The van der Waals surface area contributed by atoms with Gasteiger partial charge < -0.3 is 15.3 Å². The molecule has 122 valence electrons. The first-order valence-corrected chi connectivity index (χ1v) is 8.19. The van der Waals surface area contributed by atoms with E-state index in [0.29, 0.717) is 32.4 Å². The predicted octanol–water partition coefficient (Wildman–Crippen LogP) is 3.24. The molecule has 0 aromatic heterocycles. The Morgan fingerprint density at radius 2 is 1.57 bits per heavy atom. The Labute approximate surface area is 128 Å². The predicted molar refractivity (Wildman–Crippen MR) is 83.3 cm³/mol. The number of urea groups is 1. The van der Waals surface area contributed by atoms with Gasteiger partial charge in [0.1, 0.15) is 0 Å². The normalized spacial score (nSPS) is 18.4. The number of nitrogens with one attached hydrogen (secondary N) is 1. The van der Waals surface area contributed by atoms with E-state index in [1.54, 1.807) is 4.90 Å². The number of aliphatic carboxylic acids is 1. The number of nitrogens with zero attached hydrogens (tertiary/aromatic N) is 1. The molecule has 0 aromatic carbocycles. The zero-order chi connectivity index (χ0) is 16.1. The van der Waals surface area contributed by atoms with Gasteiger partial charge in [-0.1, -0.05) is 27.7 Å². The molecule has 1 fully saturated rings. The highest BCUT2D eigenvalue weighted by molar-refractivity contribution is 5.77. The van der Waals surface area contributed by atoms with Crippen LogP contribution in [-0.4, -0.2) is 40.6 Å². The first-order chi connectivity index (χ1) is 9.88. The Kier molecular flexibility index (Phi) is 6.05. The van der Waals surface area contributed by atoms with Gasteiger partial charge in [-0.05, 0) is 38.5 Å². The first-order valence-electron chi connectivity index (χ1n) is 8.19. The fourth-order valence-electron chi connectivity index (χ4n) is 3.18. The Balaban J connectivity index is 2.66. The Bertz CT molecular complexity index is 361. The van der Waals surface area contributed by atoms with Crippen molar-refractivity contribution in [2.24, 2.45) is 5.41 Å². The van der Waals surface area contributed by atoms with E-state index in [0.717, 1.165) is 19.3 Å². The van der Waals surface area contributed by atoms with E-state index in [-0.39, 0.29) is 11.6 Å². The molecule has 5 nitrogen and oxygen atoms in total. The minimum atomic E-state index is -0.727. The molecule has 0 bridgehead atoms. The van der Waals surface area contributed by atoms with Crippen molar-refractivity contribution in [2.45, 2.75) is 71.8 Å². The van der Waals surface area contributed by atoms with Crippen molar-refractivity contribution in [1.29, 1.82) is 0 Å². The number of piperidine rings is 1. The van der Waals surface area contributed by atoms with Crippen LogP contribution in [-0.2, 0) is 4.79 Å². The minimum absolute atomic E-state index is 0.0457. The highest BCUT2D eigenvalue weighted by Gasteiger charge is 2.41. The summed E-state index contributed by atoms with van der Waals surface area (Å²) in [5.41, 5.74) is -0.780. The summed E-state index contributed by atoms with van der Waals surface area (Å²) >= 11 is 0. The van der Waals surface area contributed by atoms with Gasteiger partial charge in [0.25, 0.3) is 0 Å². The number of hydrogen-bond donors (Lipinski definition) is 2. The second-order valence-electron chi connectivity index (χ2n) is 6.20. The number of amides is 2. The van der Waals surface area contributed by atoms with Gasteiger partial charge in [-0.2, -0.15) is 0 Å². The average Bonchev–Trinajstić information content (AvgIpc) is 2.52. The lowest BCUT2D eigenvalue weighted by atomic mass is 9.76. The average molecular weight is 298 g/mol. The maximum absolute atomic E-state index is 12.4. The van der Waals surface area contributed by atoms with Crippen molar-refractivity contribution in [3.05, 3.63) is 0 Å². The molecule has 0 atom stereocenters. The van der Waals surface area contributed by atoms with Crippen LogP contribution in [0.15, 0.2) is 0 Å². The van der Waals surface area contributed by atoms with Crippen LogP contribution >= 0.6 is 0 Å². The van der Waals surface area contributed by atoms with Crippen molar-refractivity contribution >= 4 is 12.0 Å². The van der Waals surface area contributed by atoms with E-state index >= 15 is 0 Å². The van der Waals surface area contributed by atoms with Crippen LogP contribution in [0.25, 0.3) is 0 Å². The zero-order valence-electron chi connectivity index (χ0n) is 13.9. The molecule has 0 radical (unpaired) electrons. The molecule has 0 spiro atoms. The third kappa shape index (κ3) is 3.69. The van der Waals surface area contributed by atoms with E-state index in [1.807, 2.05) is 6.92 Å². The minimum Gasteiger partial charge on any atom is -0.481 e. The monoisotopic (exact) mass is 298 g/mol. The summed E-state index contributed by atoms with van der Waals surface area (Å²) in [5, 5.41) is 12.6. The van der Waals surface area contributed by atoms with Gasteiger partial charge in [0.05, 0.1) is 5.41 Å². The highest BCUT2D eigenvalue weighted by atomic mass is 16.4. The molecular weight excluding hydrogens is 268 g/mol. The van der Waals surface area contributed by atoms with Gasteiger partial charge >= 0.3 is 12.0 Å². The molecule has 2 amide bonds. The van der Waals surface area contributed by atoms with Gasteiger partial charge in [-0.3, -0.25) is 4.79 Å². The lowest BCUT2D eigenvalue weighted by Crippen LogP contribution is -2.55. The number of likely N-dealkylation sites (tertiary alicyclic amines) is 1. The summed E-state index contributed by atoms with van der Waals surface area (Å²) in [7, 11) is 0. The Morgan fingerprint density at radius 1 is 1.10 bits per heavy atom. The maximum atomic E-state index is 12.4. The molecule has 1 aliphatic heterocycles. The molecule has 1 aliphatic rings. The molecular formula is C16H30N2O3. The van der Waals surface area contributed by atoms with Crippen LogP contribution in [0.4, 0.5) is 4.79 Å². The first kappa shape index (κ1) is 17.8. The molecule has 0 aromatic rings. The van der Waals surface area contributed by atoms with Gasteiger partial charge in [-0.15, -0.1) is 0 Å². The summed E-state index contributed by atoms with van der Waals surface area (Å²) < 4.78 is 0. The van der Waals surface area contributed by atoms with Gasteiger partial charge in [0, 0.05) is 18.6 Å². The molecule has 21 heavy (non-hydrogen) atoms. The molecule has 1 saturated heterocycles. The standard InChI is InChI=1S/C16H30N2O3/c1-5-15(13(19)20)9-11-18(12-10-15)14(21)17-16(6-2,7-3)8-4/h5-12H2,1-4H3,(H,17,21)(H,19,20). The van der Waals surface area contributed by atoms with Crippen molar-refractivity contribution in [2.75, 3.05) is 13.1 Å². The van der Waals surface area contributed by atoms with E-state index in [4.69, 9.17) is 0 Å². The molecule has 1 heterocycles. The number of carboxylic acids is 1. The summed E-state index contributed by atoms with van der Waals surface area (Å²) in [6.07, 6.45) is 4.45. The second-order valence-corrected chi connectivity index (χ2v) is 6.20. The number of carbonyl (C=O) groups excluding carboxylic acids is 1. The lowest BCUT2D eigenvalue weighted by Gasteiger charge is -2.40. The van der Waals surface area contributed by atoms with E-state index in [1.165, 1.54) is 0 Å². The van der Waals surface area contributed by atoms with E-state index in [9.17, 15) is 14.7 Å². The van der Waals surface area contributed by atoms with Crippen LogP contribution in [0, 0.1) is 5.41 Å². The third-order valence-electron chi connectivity index (χ3n) is 5.54. The molecule has 1 rings (SSSR count). The summed E-state index contributed by atoms with van der Waals surface area (Å²) in [6.45, 7) is 9.25. The van der Waals surface area contributed by atoms with Crippen LogP contribution in [0.3, 0.4) is 0 Å². The quantitative estimate of drug-likeness (QED) is 0.791. The SMILES string of the molecule is CCC(CC)(CC)NC(=O)N1CCC(CC)(C(=O)O)CC1. The summed E-state index contributed by atoms with van der Waals surface area (Å²) in [5.74, 6) is -0.727. The van der Waals surface area contributed by atoms with Crippen LogP contribution in [0.2, 0.25) is 0 Å². The Hall–Kier alpha value is -1.26. The van der Waals surface area contributed by atoms with Crippen molar-refractivity contribution in [1.82, 2.24) is 10.2 Å². The number of rotatable bonds is 6. The van der Waals surface area contributed by atoms with Gasteiger partial charge in [-0.25, -0.2) is 4.79 Å². The largest absolute Gasteiger partial charge is 0.481 e. The number of carboxylic acid groups (broad SMARTS) is 1. The third-order valence-corrected chi connectivity index (χ3v) is 5.54. The van der Waals surface area contributed by atoms with Gasteiger partial charge in [0.15, 0.2) is 0 Å². The second kappa shape index (κ2) is 7.14. The molecule has 2 N–H and O–H groups in total. The fraction of sp³-hybridized carbons (Fsp3) is 0.875. The van der Waals surface area contributed by atoms with E-state index < -0.39 is 11.4 Å². The van der Waals surface area contributed by atoms with Crippen LogP contribution in [0.5, 0.6) is 0 Å². The Morgan fingerprint density at radius 3 is 1.90 bits per heavy atom. The topological polar surface area (TPSA) is 69.6 Å². The summed E-state index contributed by atoms with van der Waals surface area (Å²) in [4.78, 5) is 25.6. The van der Waals surface area contributed by atoms with Crippen molar-refractivity contribution < 1.29 is 14.7 Å². The van der Waals surface area contributed by atoms with E-state index in [2.05, 4.69) is 26.1 Å². The van der Waals surface area contributed by atoms with Crippen LogP contribution in [0.1, 0.15) is 66.2 Å². The molecule has 0 unspecified atom stereocenters.